The predicted octanol–water partition coefficient (Wildman–Crippen LogP) is 2.18. The largest absolute Gasteiger partial charge is 0.496 e. The van der Waals surface area contributed by atoms with Crippen molar-refractivity contribution in [3.63, 3.8) is 0 Å². The fraction of sp³-hybridized carbons (Fsp3) is 0.448. The van der Waals surface area contributed by atoms with Gasteiger partial charge in [-0.25, -0.2) is 19.2 Å². The first-order valence-corrected chi connectivity index (χ1v) is 12.7. The molecule has 11 nitrogen and oxygen atoms in total. The van der Waals surface area contributed by atoms with Crippen LogP contribution >= 0.6 is 0 Å². The van der Waals surface area contributed by atoms with E-state index in [1.165, 1.54) is 0 Å². The van der Waals surface area contributed by atoms with Crippen molar-refractivity contribution in [2.24, 2.45) is 11.8 Å². The van der Waals surface area contributed by atoms with Crippen LogP contribution in [0.2, 0.25) is 0 Å². The molecule has 4 bridgehead atoms. The summed E-state index contributed by atoms with van der Waals surface area (Å²) in [5.74, 6) is -5.19. The average Bonchev–Trinajstić information content (AvgIpc) is 3.73. The Hall–Kier alpha value is -4.12. The summed E-state index contributed by atoms with van der Waals surface area (Å²) in [6.07, 6.45) is 0.470. The van der Waals surface area contributed by atoms with E-state index in [1.807, 2.05) is 24.3 Å². The van der Waals surface area contributed by atoms with Gasteiger partial charge < -0.3 is 33.2 Å². The van der Waals surface area contributed by atoms with E-state index in [0.29, 0.717) is 17.9 Å². The highest BCUT2D eigenvalue weighted by Crippen LogP contribution is 2.77. The zero-order chi connectivity index (χ0) is 28.7. The molecular weight excluding hydrogens is 524 g/mol. The summed E-state index contributed by atoms with van der Waals surface area (Å²) in [5, 5.41) is 1.62. The maximum Gasteiger partial charge on any atom is 0.343 e. The Morgan fingerprint density at radius 1 is 0.675 bits per heavy atom. The minimum atomic E-state index is -2.15. The van der Waals surface area contributed by atoms with E-state index in [1.54, 1.807) is 14.2 Å². The van der Waals surface area contributed by atoms with Crippen LogP contribution in [0.3, 0.4) is 0 Å². The van der Waals surface area contributed by atoms with Crippen LogP contribution in [0.1, 0.15) is 29.4 Å². The SMILES string of the molecule is COC(=O)C1=C(C(=O)OC)[C@]2(C(=O)OC)O[C@@]1(C(=O)OC)[C@@H]1[C@H]2[C@@H]2C[C@H]1c1c2c(OC)c2ccccc2c1OC. The number of carbonyl (C=O) groups excluding carboxylic acids is 4. The van der Waals surface area contributed by atoms with E-state index >= 15 is 0 Å². The van der Waals surface area contributed by atoms with Crippen LogP contribution in [0.5, 0.6) is 11.5 Å². The first kappa shape index (κ1) is 26.1. The van der Waals surface area contributed by atoms with Crippen molar-refractivity contribution in [2.45, 2.75) is 29.5 Å². The topological polar surface area (TPSA) is 133 Å². The van der Waals surface area contributed by atoms with Gasteiger partial charge in [-0.1, -0.05) is 24.3 Å². The van der Waals surface area contributed by atoms with Gasteiger partial charge in [0.1, 0.15) is 11.5 Å². The van der Waals surface area contributed by atoms with Crippen molar-refractivity contribution >= 4 is 34.6 Å². The molecule has 6 atom stereocenters. The Balaban J connectivity index is 1.75. The molecule has 2 aromatic rings. The molecule has 40 heavy (non-hydrogen) atoms. The Labute approximate surface area is 229 Å². The van der Waals surface area contributed by atoms with Gasteiger partial charge in [0.2, 0.25) is 11.2 Å². The molecule has 2 fully saturated rings. The Kier molecular flexibility index (Phi) is 5.67. The lowest BCUT2D eigenvalue weighted by Gasteiger charge is -2.41. The third kappa shape index (κ3) is 2.68. The highest BCUT2D eigenvalue weighted by Gasteiger charge is 2.85. The van der Waals surface area contributed by atoms with Crippen LogP contribution < -0.4 is 9.47 Å². The highest BCUT2D eigenvalue weighted by atomic mass is 16.6. The molecule has 4 aliphatic rings. The lowest BCUT2D eigenvalue weighted by atomic mass is 9.57. The lowest BCUT2D eigenvalue weighted by Crippen LogP contribution is -2.54. The van der Waals surface area contributed by atoms with Crippen molar-refractivity contribution in [3.05, 3.63) is 46.5 Å². The molecular formula is C29H28O11. The number of hydrogen-bond acceptors (Lipinski definition) is 11. The van der Waals surface area contributed by atoms with Crippen molar-refractivity contribution in [3.8, 4) is 11.5 Å². The molecule has 2 aromatic carbocycles. The summed E-state index contributed by atoms with van der Waals surface area (Å²) in [6.45, 7) is 0. The predicted molar refractivity (Wildman–Crippen MR) is 136 cm³/mol. The van der Waals surface area contributed by atoms with Gasteiger partial charge >= 0.3 is 23.9 Å². The van der Waals surface area contributed by atoms with Gasteiger partial charge in [0.15, 0.2) is 0 Å². The van der Waals surface area contributed by atoms with Gasteiger partial charge in [-0.3, -0.25) is 0 Å². The molecule has 0 unspecified atom stereocenters. The van der Waals surface area contributed by atoms with Crippen molar-refractivity contribution in [1.29, 1.82) is 0 Å². The van der Waals surface area contributed by atoms with Crippen LogP contribution in [0.4, 0.5) is 0 Å². The summed E-state index contributed by atoms with van der Waals surface area (Å²) in [5.41, 5.74) is -3.53. The fourth-order valence-electron chi connectivity index (χ4n) is 8.10. The summed E-state index contributed by atoms with van der Waals surface area (Å²) >= 11 is 0. The van der Waals surface area contributed by atoms with Gasteiger partial charge in [-0.05, 0) is 18.3 Å². The Morgan fingerprint density at radius 3 is 1.40 bits per heavy atom. The highest BCUT2D eigenvalue weighted by molar-refractivity contribution is 6.15. The molecule has 2 aliphatic carbocycles. The van der Waals surface area contributed by atoms with Gasteiger partial charge in [0.25, 0.3) is 0 Å². The van der Waals surface area contributed by atoms with Gasteiger partial charge in [0.05, 0.1) is 53.8 Å². The molecule has 0 aromatic heterocycles. The summed E-state index contributed by atoms with van der Waals surface area (Å²) in [7, 11) is 7.65. The molecule has 210 valence electrons. The third-order valence-corrected chi connectivity index (χ3v) is 9.12. The second kappa shape index (κ2) is 8.69. The van der Waals surface area contributed by atoms with Gasteiger partial charge in [-0.2, -0.15) is 0 Å². The molecule has 0 N–H and O–H groups in total. The van der Waals surface area contributed by atoms with Crippen LogP contribution in [0, 0.1) is 11.8 Å². The van der Waals surface area contributed by atoms with Crippen molar-refractivity contribution in [1.82, 2.24) is 0 Å². The molecule has 0 amide bonds. The summed E-state index contributed by atoms with van der Waals surface area (Å²) < 4.78 is 38.8. The molecule has 0 spiro atoms. The lowest BCUT2D eigenvalue weighted by molar-refractivity contribution is -0.182. The minimum absolute atomic E-state index is 0.416. The number of rotatable bonds is 6. The van der Waals surface area contributed by atoms with E-state index in [4.69, 9.17) is 33.2 Å². The molecule has 1 saturated carbocycles. The van der Waals surface area contributed by atoms with E-state index in [9.17, 15) is 19.2 Å². The third-order valence-electron chi connectivity index (χ3n) is 9.12. The second-order valence-electron chi connectivity index (χ2n) is 10.2. The maximum absolute atomic E-state index is 13.8. The van der Waals surface area contributed by atoms with Crippen LogP contribution in [-0.2, 0) is 42.9 Å². The van der Waals surface area contributed by atoms with E-state index in [0.717, 1.165) is 50.3 Å². The van der Waals surface area contributed by atoms with E-state index in [2.05, 4.69) is 0 Å². The quantitative estimate of drug-likeness (QED) is 0.386. The average molecular weight is 553 g/mol. The smallest absolute Gasteiger partial charge is 0.343 e. The Bertz CT molecular complexity index is 1430. The molecule has 2 heterocycles. The minimum Gasteiger partial charge on any atom is -0.496 e. The molecule has 11 heteroatoms. The van der Waals surface area contributed by atoms with E-state index < -0.39 is 69.9 Å². The number of benzene rings is 2. The zero-order valence-electron chi connectivity index (χ0n) is 22.8. The molecule has 1 saturated heterocycles. The summed E-state index contributed by atoms with van der Waals surface area (Å²) in [6, 6.07) is 7.60. The number of fused-ring (bicyclic) bond motifs is 13. The molecule has 2 aliphatic heterocycles. The Morgan fingerprint density at radius 2 is 1.07 bits per heavy atom. The number of carbonyl (C=O) groups is 4. The number of ether oxygens (including phenoxy) is 7. The van der Waals surface area contributed by atoms with Crippen molar-refractivity contribution < 1.29 is 52.3 Å². The number of esters is 4. The first-order valence-electron chi connectivity index (χ1n) is 12.7. The first-order chi connectivity index (χ1) is 19.2. The van der Waals surface area contributed by atoms with Crippen molar-refractivity contribution in [2.75, 3.05) is 42.7 Å². The van der Waals surface area contributed by atoms with Gasteiger partial charge in [0, 0.05) is 33.7 Å². The molecule has 0 radical (unpaired) electrons. The number of methoxy groups -OCH3 is 6. The summed E-state index contributed by atoms with van der Waals surface area (Å²) in [4.78, 5) is 54.4. The standard InChI is InChI=1S/C29H28O11/c1-34-22-12-9-7-8-10-13(12)23(35-2)17-15-11-14(16(17)22)18-19(15)29(27(33)39-6)21(25(31)37-4)20(24(30)36-3)28(18,40-29)26(32)38-5/h7-10,14-15,18-19H,11H2,1-6H3/t14-,15+,18-,19+,28-,29+. The fourth-order valence-corrected chi connectivity index (χ4v) is 8.10. The normalized spacial score (nSPS) is 30.6. The maximum atomic E-state index is 13.8. The second-order valence-corrected chi connectivity index (χ2v) is 10.2. The molecule has 6 rings (SSSR count). The zero-order valence-corrected chi connectivity index (χ0v) is 22.8. The van der Waals surface area contributed by atoms with Crippen LogP contribution in [0.15, 0.2) is 35.4 Å². The van der Waals surface area contributed by atoms with Crippen LogP contribution in [0.25, 0.3) is 10.8 Å². The van der Waals surface area contributed by atoms with E-state index in [-0.39, 0.29) is 0 Å². The number of hydrogen-bond donors (Lipinski definition) is 0. The van der Waals surface area contributed by atoms with Gasteiger partial charge in [-0.15, -0.1) is 0 Å². The van der Waals surface area contributed by atoms with Crippen LogP contribution in [-0.4, -0.2) is 77.7 Å². The monoisotopic (exact) mass is 552 g/mol.